The molecule has 1 atom stereocenters. The predicted octanol–water partition coefficient (Wildman–Crippen LogP) is 2.22. The maximum absolute atomic E-state index is 12.3. The summed E-state index contributed by atoms with van der Waals surface area (Å²) in [5.41, 5.74) is 10.6. The van der Waals surface area contributed by atoms with Crippen LogP contribution < -0.4 is 21.7 Å². The normalized spacial score (nSPS) is 16.2. The Balaban J connectivity index is 1.61. The van der Waals surface area contributed by atoms with Gasteiger partial charge in [0.05, 0.1) is 6.42 Å². The molecule has 0 fully saturated rings. The molecule has 1 aliphatic heterocycles. The van der Waals surface area contributed by atoms with Crippen LogP contribution in [0.15, 0.2) is 52.4 Å². The van der Waals surface area contributed by atoms with Crippen LogP contribution >= 0.6 is 0 Å². The zero-order valence-corrected chi connectivity index (χ0v) is 16.6. The van der Waals surface area contributed by atoms with E-state index in [2.05, 4.69) is 25.9 Å². The van der Waals surface area contributed by atoms with E-state index in [4.69, 9.17) is 5.73 Å². The first kappa shape index (κ1) is 20.1. The van der Waals surface area contributed by atoms with Crippen LogP contribution in [0.2, 0.25) is 0 Å². The van der Waals surface area contributed by atoms with Crippen molar-refractivity contribution in [1.29, 1.82) is 0 Å². The van der Waals surface area contributed by atoms with Crippen molar-refractivity contribution in [1.82, 2.24) is 5.32 Å². The van der Waals surface area contributed by atoms with Gasteiger partial charge in [-0.1, -0.05) is 35.4 Å². The Morgan fingerprint density at radius 1 is 1.10 bits per heavy atom. The molecule has 0 aromatic heterocycles. The summed E-state index contributed by atoms with van der Waals surface area (Å²) in [6.07, 6.45) is -0.0799. The zero-order chi connectivity index (χ0) is 21.0. The van der Waals surface area contributed by atoms with E-state index in [0.29, 0.717) is 5.69 Å². The van der Waals surface area contributed by atoms with Crippen molar-refractivity contribution < 1.29 is 9.59 Å². The highest BCUT2D eigenvalue weighted by Gasteiger charge is 2.28. The Morgan fingerprint density at radius 2 is 1.79 bits per heavy atom. The Morgan fingerprint density at radius 3 is 2.48 bits per heavy atom. The van der Waals surface area contributed by atoms with E-state index >= 15 is 0 Å². The molecule has 5 N–H and O–H groups in total. The third kappa shape index (κ3) is 5.41. The number of benzene rings is 2. The van der Waals surface area contributed by atoms with Crippen molar-refractivity contribution in [3.63, 3.8) is 0 Å². The predicted molar refractivity (Wildman–Crippen MR) is 115 cm³/mol. The summed E-state index contributed by atoms with van der Waals surface area (Å²) in [5.74, 6) is -0.510. The van der Waals surface area contributed by atoms with Crippen molar-refractivity contribution >= 4 is 35.1 Å². The molecule has 3 rings (SSSR count). The van der Waals surface area contributed by atoms with Crippen LogP contribution in [0.25, 0.3) is 0 Å². The minimum Gasteiger partial charge on any atom is -0.369 e. The average Bonchev–Trinajstić information content (AvgIpc) is 2.98. The van der Waals surface area contributed by atoms with Gasteiger partial charge in [0.2, 0.25) is 17.8 Å². The highest BCUT2D eigenvalue weighted by Crippen LogP contribution is 2.17. The summed E-state index contributed by atoms with van der Waals surface area (Å²) in [4.78, 5) is 32.7. The topological polar surface area (TPSA) is 121 Å². The second-order valence-corrected chi connectivity index (χ2v) is 7.02. The Labute approximate surface area is 169 Å². The summed E-state index contributed by atoms with van der Waals surface area (Å²) < 4.78 is 0. The molecule has 150 valence electrons. The number of nitrogens with two attached hydrogens (primary N) is 1. The first-order chi connectivity index (χ1) is 13.8. The van der Waals surface area contributed by atoms with Gasteiger partial charge in [0.15, 0.2) is 0 Å². The van der Waals surface area contributed by atoms with Crippen LogP contribution in [0.3, 0.4) is 0 Å². The molecule has 0 saturated heterocycles. The van der Waals surface area contributed by atoms with Crippen LogP contribution in [0, 0.1) is 20.8 Å². The van der Waals surface area contributed by atoms with Gasteiger partial charge >= 0.3 is 0 Å². The number of carbonyl (C=O) groups excluding carboxylic acids is 2. The molecule has 0 spiro atoms. The third-order valence-corrected chi connectivity index (χ3v) is 4.40. The number of hydrogen-bond donors (Lipinski definition) is 4. The quantitative estimate of drug-likeness (QED) is 0.471. The molecule has 0 aliphatic carbocycles. The summed E-state index contributed by atoms with van der Waals surface area (Å²) in [6, 6.07) is 12.5. The second-order valence-electron chi connectivity index (χ2n) is 7.02. The van der Waals surface area contributed by atoms with Gasteiger partial charge in [-0.2, -0.15) is 4.99 Å². The highest BCUT2D eigenvalue weighted by molar-refractivity contribution is 6.11. The minimum absolute atomic E-state index is 0.0799. The summed E-state index contributed by atoms with van der Waals surface area (Å²) >= 11 is 0. The van der Waals surface area contributed by atoms with Crippen LogP contribution in [0.1, 0.15) is 23.1 Å². The van der Waals surface area contributed by atoms with E-state index in [0.717, 1.165) is 22.4 Å². The molecular formula is C21H24N6O2. The monoisotopic (exact) mass is 392 g/mol. The number of nitrogens with one attached hydrogen (secondary N) is 3. The van der Waals surface area contributed by atoms with Gasteiger partial charge in [-0.25, -0.2) is 4.99 Å². The molecule has 29 heavy (non-hydrogen) atoms. The van der Waals surface area contributed by atoms with E-state index in [9.17, 15) is 9.59 Å². The van der Waals surface area contributed by atoms with Gasteiger partial charge in [0.1, 0.15) is 6.04 Å². The number of rotatable bonds is 4. The molecule has 0 bridgehead atoms. The Bertz CT molecular complexity index is 995. The van der Waals surface area contributed by atoms with Crippen molar-refractivity contribution in [3.8, 4) is 0 Å². The number of hydrogen-bond acceptors (Lipinski definition) is 4. The molecular weight excluding hydrogens is 368 g/mol. The van der Waals surface area contributed by atoms with Crippen LogP contribution in [-0.4, -0.2) is 29.8 Å². The maximum Gasteiger partial charge on any atom is 0.252 e. The summed E-state index contributed by atoms with van der Waals surface area (Å²) in [5, 5.41) is 8.28. The number of guanidine groups is 2. The number of anilines is 2. The summed E-state index contributed by atoms with van der Waals surface area (Å²) in [7, 11) is 0. The Hall–Kier alpha value is -3.68. The van der Waals surface area contributed by atoms with Crippen molar-refractivity contribution in [3.05, 3.63) is 59.2 Å². The lowest BCUT2D eigenvalue weighted by Gasteiger charge is -2.10. The van der Waals surface area contributed by atoms with E-state index in [1.54, 1.807) is 0 Å². The maximum atomic E-state index is 12.3. The van der Waals surface area contributed by atoms with Gasteiger partial charge in [0.25, 0.3) is 5.91 Å². The summed E-state index contributed by atoms with van der Waals surface area (Å²) in [6.45, 7) is 5.89. The van der Waals surface area contributed by atoms with Gasteiger partial charge in [-0.3, -0.25) is 14.9 Å². The lowest BCUT2D eigenvalue weighted by atomic mass is 10.1. The van der Waals surface area contributed by atoms with Gasteiger partial charge < -0.3 is 16.4 Å². The standard InChI is InChI=1S/C21H24N6O2/c1-12-4-7-15(8-5-12)23-20(22)27-21-25-17(19(29)26-21)11-18(28)24-16-9-6-13(2)10-14(16)3/h4-10,17H,11H2,1-3H3,(H,24,28)(H4,22,23,25,26,27,29). The first-order valence-electron chi connectivity index (χ1n) is 9.24. The number of amides is 2. The molecule has 8 heteroatoms. The van der Waals surface area contributed by atoms with Gasteiger partial charge in [-0.15, -0.1) is 0 Å². The number of aliphatic imine (C=N–C) groups is 2. The number of nitrogens with zero attached hydrogens (tertiary/aromatic N) is 2. The molecule has 2 amide bonds. The van der Waals surface area contributed by atoms with Crippen molar-refractivity contribution in [2.24, 2.45) is 15.7 Å². The molecule has 0 saturated carbocycles. The van der Waals surface area contributed by atoms with E-state index < -0.39 is 6.04 Å². The smallest absolute Gasteiger partial charge is 0.252 e. The fraction of sp³-hybridized carbons (Fsp3) is 0.238. The minimum atomic E-state index is -0.841. The van der Waals surface area contributed by atoms with Crippen LogP contribution in [0.5, 0.6) is 0 Å². The molecule has 1 aliphatic rings. The second kappa shape index (κ2) is 8.55. The number of carbonyl (C=O) groups is 2. The fourth-order valence-electron chi connectivity index (χ4n) is 2.88. The zero-order valence-electron chi connectivity index (χ0n) is 16.6. The fourth-order valence-corrected chi connectivity index (χ4v) is 2.88. The molecule has 1 unspecified atom stereocenters. The highest BCUT2D eigenvalue weighted by atomic mass is 16.2. The largest absolute Gasteiger partial charge is 0.369 e. The molecule has 2 aromatic carbocycles. The van der Waals surface area contributed by atoms with Crippen molar-refractivity contribution in [2.75, 3.05) is 10.6 Å². The molecule has 0 radical (unpaired) electrons. The van der Waals surface area contributed by atoms with Crippen molar-refractivity contribution in [2.45, 2.75) is 33.2 Å². The number of aryl methyl sites for hydroxylation is 3. The Kier molecular flexibility index (Phi) is 5.92. The van der Waals surface area contributed by atoms with Gasteiger partial charge in [0, 0.05) is 11.4 Å². The lowest BCUT2D eigenvalue weighted by molar-refractivity contribution is -0.123. The molecule has 2 aromatic rings. The van der Waals surface area contributed by atoms with E-state index in [-0.39, 0.29) is 30.2 Å². The average molecular weight is 392 g/mol. The molecule has 1 heterocycles. The third-order valence-electron chi connectivity index (χ3n) is 4.40. The van der Waals surface area contributed by atoms with Gasteiger partial charge in [-0.05, 0) is 44.5 Å². The molecule has 8 nitrogen and oxygen atoms in total. The van der Waals surface area contributed by atoms with E-state index in [1.807, 2.05) is 63.2 Å². The van der Waals surface area contributed by atoms with E-state index in [1.165, 1.54) is 0 Å². The van der Waals surface area contributed by atoms with Crippen LogP contribution in [0.4, 0.5) is 11.4 Å². The SMILES string of the molecule is Cc1ccc(N/C(N)=N/C2=NC(CC(=O)Nc3ccc(C)cc3C)C(=O)N2)cc1. The lowest BCUT2D eigenvalue weighted by Crippen LogP contribution is -2.32. The van der Waals surface area contributed by atoms with Crippen LogP contribution in [-0.2, 0) is 9.59 Å². The first-order valence-corrected chi connectivity index (χ1v) is 9.24.